The summed E-state index contributed by atoms with van der Waals surface area (Å²) >= 11 is 0. The summed E-state index contributed by atoms with van der Waals surface area (Å²) in [6.07, 6.45) is 0.765. The summed E-state index contributed by atoms with van der Waals surface area (Å²) in [6.45, 7) is 6.16. The van der Waals surface area contributed by atoms with E-state index < -0.39 is 0 Å². The number of hydrogen-bond donors (Lipinski definition) is 2. The lowest BCUT2D eigenvalue weighted by Crippen LogP contribution is -2.13. The third kappa shape index (κ3) is 2.49. The zero-order valence-electron chi connectivity index (χ0n) is 14.0. The van der Waals surface area contributed by atoms with E-state index in [0.717, 1.165) is 28.8 Å². The van der Waals surface area contributed by atoms with Gasteiger partial charge in [0.05, 0.1) is 11.1 Å². The summed E-state index contributed by atoms with van der Waals surface area (Å²) in [5.41, 5.74) is 3.03. The molecule has 122 valence electrons. The molecular formula is C15H21N7O. The molecule has 3 aromatic heterocycles. The summed E-state index contributed by atoms with van der Waals surface area (Å²) in [5, 5.41) is 19.5. The van der Waals surface area contributed by atoms with Gasteiger partial charge in [0.2, 0.25) is 0 Å². The summed E-state index contributed by atoms with van der Waals surface area (Å²) in [6, 6.07) is 1.82. The molecule has 3 rings (SSSR count). The average Bonchev–Trinajstić information content (AvgIpc) is 3.15. The Morgan fingerprint density at radius 2 is 2.04 bits per heavy atom. The first-order valence-corrected chi connectivity index (χ1v) is 7.67. The molecule has 0 aliphatic rings. The van der Waals surface area contributed by atoms with Crippen molar-refractivity contribution >= 4 is 22.8 Å². The van der Waals surface area contributed by atoms with E-state index >= 15 is 0 Å². The lowest BCUT2D eigenvalue weighted by Gasteiger charge is -2.02. The zero-order valence-corrected chi connectivity index (χ0v) is 14.0. The van der Waals surface area contributed by atoms with Gasteiger partial charge in [-0.3, -0.25) is 14.6 Å². The number of aromatic amines is 1. The van der Waals surface area contributed by atoms with Gasteiger partial charge in [-0.1, -0.05) is 20.8 Å². The van der Waals surface area contributed by atoms with Crippen molar-refractivity contribution in [3.63, 3.8) is 0 Å². The van der Waals surface area contributed by atoms with Gasteiger partial charge in [-0.15, -0.1) is 0 Å². The van der Waals surface area contributed by atoms with Crippen molar-refractivity contribution in [2.45, 2.75) is 33.1 Å². The number of aromatic nitrogens is 6. The summed E-state index contributed by atoms with van der Waals surface area (Å²) in [5.74, 6) is 0.605. The standard InChI is InChI=1S/C15H21N7O/c1-6-9-12-13(17-18-14(12)22(5)19-9)16-15(23)10-7-11(8(2)3)21(4)20-10/h7-8H,6H2,1-5H3,(H2,16,17,18,23). The molecule has 3 heterocycles. The van der Waals surface area contributed by atoms with Crippen LogP contribution >= 0.6 is 0 Å². The van der Waals surface area contributed by atoms with E-state index in [2.05, 4.69) is 39.6 Å². The molecule has 0 bridgehead atoms. The largest absolute Gasteiger partial charge is 0.305 e. The minimum Gasteiger partial charge on any atom is -0.305 e. The van der Waals surface area contributed by atoms with Crippen molar-refractivity contribution in [2.24, 2.45) is 14.1 Å². The molecule has 0 saturated heterocycles. The number of nitrogens with one attached hydrogen (secondary N) is 2. The second-order valence-corrected chi connectivity index (χ2v) is 5.91. The molecule has 0 radical (unpaired) electrons. The number of aryl methyl sites for hydroxylation is 3. The van der Waals surface area contributed by atoms with Crippen LogP contribution in [0.1, 0.15) is 48.6 Å². The van der Waals surface area contributed by atoms with E-state index in [1.165, 1.54) is 0 Å². The zero-order chi connectivity index (χ0) is 16.7. The minimum atomic E-state index is -0.260. The number of anilines is 1. The molecule has 0 saturated carbocycles. The van der Waals surface area contributed by atoms with E-state index in [9.17, 15) is 4.79 Å². The normalized spacial score (nSPS) is 11.6. The van der Waals surface area contributed by atoms with E-state index in [1.54, 1.807) is 9.36 Å². The number of amides is 1. The van der Waals surface area contributed by atoms with Crippen molar-refractivity contribution in [3.05, 3.63) is 23.1 Å². The van der Waals surface area contributed by atoms with Gasteiger partial charge in [-0.2, -0.15) is 15.3 Å². The maximum atomic E-state index is 12.5. The lowest BCUT2D eigenvalue weighted by molar-refractivity contribution is 0.102. The third-order valence-electron chi connectivity index (χ3n) is 3.93. The molecule has 23 heavy (non-hydrogen) atoms. The number of H-pyrrole nitrogens is 1. The Kier molecular flexibility index (Phi) is 3.67. The van der Waals surface area contributed by atoms with Crippen LogP contribution in [0.5, 0.6) is 0 Å². The van der Waals surface area contributed by atoms with Crippen LogP contribution in [0.4, 0.5) is 5.82 Å². The molecule has 0 atom stereocenters. The molecule has 0 fully saturated rings. The number of fused-ring (bicyclic) bond motifs is 1. The van der Waals surface area contributed by atoms with Crippen LogP contribution in [0.3, 0.4) is 0 Å². The Balaban J connectivity index is 1.93. The number of nitrogens with zero attached hydrogens (tertiary/aromatic N) is 5. The summed E-state index contributed by atoms with van der Waals surface area (Å²) in [7, 11) is 3.68. The topological polar surface area (TPSA) is 93.4 Å². The highest BCUT2D eigenvalue weighted by Gasteiger charge is 2.20. The lowest BCUT2D eigenvalue weighted by atomic mass is 10.1. The van der Waals surface area contributed by atoms with Crippen molar-refractivity contribution in [2.75, 3.05) is 5.32 Å². The first-order chi connectivity index (χ1) is 10.9. The SMILES string of the molecule is CCc1nn(C)c2n[nH]c(NC(=O)c3cc(C(C)C)n(C)n3)c12. The van der Waals surface area contributed by atoms with E-state index in [1.807, 2.05) is 27.1 Å². The van der Waals surface area contributed by atoms with Gasteiger partial charge in [0, 0.05) is 19.8 Å². The molecule has 3 aromatic rings. The van der Waals surface area contributed by atoms with Gasteiger partial charge in [0.15, 0.2) is 11.3 Å². The number of rotatable bonds is 4. The monoisotopic (exact) mass is 315 g/mol. The van der Waals surface area contributed by atoms with Gasteiger partial charge in [-0.05, 0) is 18.4 Å². The van der Waals surface area contributed by atoms with Crippen molar-refractivity contribution in [1.82, 2.24) is 29.8 Å². The van der Waals surface area contributed by atoms with Crippen LogP contribution in [-0.2, 0) is 20.5 Å². The molecule has 2 N–H and O–H groups in total. The Bertz CT molecular complexity index is 868. The first-order valence-electron chi connectivity index (χ1n) is 7.67. The second-order valence-electron chi connectivity index (χ2n) is 5.91. The highest BCUT2D eigenvalue weighted by Crippen LogP contribution is 2.25. The van der Waals surface area contributed by atoms with Gasteiger partial charge < -0.3 is 5.32 Å². The highest BCUT2D eigenvalue weighted by molar-refractivity contribution is 6.07. The second kappa shape index (κ2) is 5.53. The summed E-state index contributed by atoms with van der Waals surface area (Å²) < 4.78 is 3.45. The van der Waals surface area contributed by atoms with Crippen molar-refractivity contribution in [1.29, 1.82) is 0 Å². The smallest absolute Gasteiger partial charge is 0.277 e. The van der Waals surface area contributed by atoms with Crippen LogP contribution in [0.2, 0.25) is 0 Å². The Morgan fingerprint density at radius 3 is 2.65 bits per heavy atom. The van der Waals surface area contributed by atoms with E-state index in [-0.39, 0.29) is 5.91 Å². The molecule has 0 aliphatic heterocycles. The van der Waals surface area contributed by atoms with Crippen LogP contribution in [0.25, 0.3) is 11.0 Å². The Morgan fingerprint density at radius 1 is 1.30 bits per heavy atom. The average molecular weight is 315 g/mol. The maximum Gasteiger partial charge on any atom is 0.277 e. The van der Waals surface area contributed by atoms with Gasteiger partial charge >= 0.3 is 0 Å². The first kappa shape index (κ1) is 15.3. The fourth-order valence-electron chi connectivity index (χ4n) is 2.77. The fourth-order valence-corrected chi connectivity index (χ4v) is 2.77. The molecule has 8 nitrogen and oxygen atoms in total. The quantitative estimate of drug-likeness (QED) is 0.769. The fraction of sp³-hybridized carbons (Fsp3) is 0.467. The van der Waals surface area contributed by atoms with Crippen molar-refractivity contribution in [3.8, 4) is 0 Å². The van der Waals surface area contributed by atoms with Crippen molar-refractivity contribution < 1.29 is 4.79 Å². The Hall–Kier alpha value is -2.64. The Labute approximate surface area is 133 Å². The highest BCUT2D eigenvalue weighted by atomic mass is 16.2. The molecular weight excluding hydrogens is 294 g/mol. The molecule has 0 aliphatic carbocycles. The molecule has 0 spiro atoms. The summed E-state index contributed by atoms with van der Waals surface area (Å²) in [4.78, 5) is 12.5. The van der Waals surface area contributed by atoms with Gasteiger partial charge in [-0.25, -0.2) is 4.68 Å². The van der Waals surface area contributed by atoms with Crippen LogP contribution in [0, 0.1) is 0 Å². The maximum absolute atomic E-state index is 12.5. The number of carbonyl (C=O) groups excluding carboxylic acids is 1. The molecule has 0 aromatic carbocycles. The van der Waals surface area contributed by atoms with Crippen LogP contribution < -0.4 is 5.32 Å². The molecule has 1 amide bonds. The number of hydrogen-bond acceptors (Lipinski definition) is 4. The number of carbonyl (C=O) groups is 1. The predicted octanol–water partition coefficient (Wildman–Crippen LogP) is 1.97. The predicted molar refractivity (Wildman–Crippen MR) is 87.5 cm³/mol. The van der Waals surface area contributed by atoms with E-state index in [0.29, 0.717) is 17.4 Å². The molecule has 0 unspecified atom stereocenters. The van der Waals surface area contributed by atoms with Gasteiger partial charge in [0.1, 0.15) is 5.82 Å². The third-order valence-corrected chi connectivity index (χ3v) is 3.93. The van der Waals surface area contributed by atoms with Gasteiger partial charge in [0.25, 0.3) is 5.91 Å². The molecule has 8 heteroatoms. The minimum absolute atomic E-state index is 0.260. The van der Waals surface area contributed by atoms with Crippen LogP contribution in [0.15, 0.2) is 6.07 Å². The van der Waals surface area contributed by atoms with E-state index in [4.69, 9.17) is 0 Å². The van der Waals surface area contributed by atoms with Crippen LogP contribution in [-0.4, -0.2) is 35.7 Å².